The highest BCUT2D eigenvalue weighted by molar-refractivity contribution is 5.85. The normalized spacial score (nSPS) is 23.9. The van der Waals surface area contributed by atoms with E-state index in [1.165, 1.54) is 0 Å². The molecule has 2 atom stereocenters. The van der Waals surface area contributed by atoms with Crippen LogP contribution < -0.4 is 14.8 Å². The largest absolute Gasteiger partial charge is 0.493 e. The van der Waals surface area contributed by atoms with Crippen molar-refractivity contribution in [2.45, 2.75) is 18.7 Å². The number of methoxy groups -OCH3 is 2. The summed E-state index contributed by atoms with van der Waals surface area (Å²) in [6.45, 7) is 4.40. The van der Waals surface area contributed by atoms with Gasteiger partial charge in [-0.25, -0.2) is 0 Å². The molecule has 0 amide bonds. The van der Waals surface area contributed by atoms with Crippen LogP contribution in [-0.4, -0.2) is 62.5 Å². The fraction of sp³-hybridized carbons (Fsp3) is 0.643. The molecule has 0 aromatic carbocycles. The lowest BCUT2D eigenvalue weighted by molar-refractivity contribution is 0.0175. The molecule has 126 valence electrons. The molecule has 2 aliphatic heterocycles. The summed E-state index contributed by atoms with van der Waals surface area (Å²) in [7, 11) is 3.29. The monoisotopic (exact) mass is 351 g/mol. The van der Waals surface area contributed by atoms with Crippen LogP contribution in [0, 0.1) is 0 Å². The average molecular weight is 352 g/mol. The molecule has 3 heterocycles. The molecule has 0 saturated carbocycles. The number of likely N-dealkylation sites (tertiary alicyclic amines) is 1. The van der Waals surface area contributed by atoms with Gasteiger partial charge in [0.15, 0.2) is 11.5 Å². The summed E-state index contributed by atoms with van der Waals surface area (Å²) in [5, 5.41) is 3.50. The van der Waals surface area contributed by atoms with Gasteiger partial charge in [0.25, 0.3) is 0 Å². The number of pyridine rings is 1. The maximum absolute atomic E-state index is 5.79. The highest BCUT2D eigenvalue weighted by Crippen LogP contribution is 2.30. The van der Waals surface area contributed by atoms with E-state index in [-0.39, 0.29) is 24.8 Å². The number of morpholine rings is 1. The molecule has 6 nitrogen and oxygen atoms in total. The first-order chi connectivity index (χ1) is 9.81. The van der Waals surface area contributed by atoms with Crippen molar-refractivity contribution < 1.29 is 14.2 Å². The Labute approximate surface area is 143 Å². The first kappa shape index (κ1) is 19.3. The lowest BCUT2D eigenvalue weighted by Gasteiger charge is -2.25. The molecule has 0 aliphatic carbocycles. The Morgan fingerprint density at radius 2 is 2.14 bits per heavy atom. The molecule has 2 fully saturated rings. The van der Waals surface area contributed by atoms with Crippen molar-refractivity contribution >= 4 is 24.8 Å². The number of nitrogens with zero attached hydrogens (tertiary/aromatic N) is 2. The summed E-state index contributed by atoms with van der Waals surface area (Å²) >= 11 is 0. The molecule has 8 heteroatoms. The Morgan fingerprint density at radius 1 is 1.32 bits per heavy atom. The van der Waals surface area contributed by atoms with Gasteiger partial charge in [0.2, 0.25) is 0 Å². The zero-order valence-corrected chi connectivity index (χ0v) is 14.4. The van der Waals surface area contributed by atoms with E-state index in [1.807, 2.05) is 6.07 Å². The highest BCUT2D eigenvalue weighted by Gasteiger charge is 2.35. The van der Waals surface area contributed by atoms with Gasteiger partial charge in [0.05, 0.1) is 26.9 Å². The van der Waals surface area contributed by atoms with Gasteiger partial charge in [-0.05, 0) is 0 Å². The molecule has 1 aromatic rings. The summed E-state index contributed by atoms with van der Waals surface area (Å²) in [6.07, 6.45) is 2.05. The molecule has 22 heavy (non-hydrogen) atoms. The van der Waals surface area contributed by atoms with Crippen molar-refractivity contribution in [2.24, 2.45) is 0 Å². The van der Waals surface area contributed by atoms with Gasteiger partial charge < -0.3 is 19.5 Å². The molecule has 2 aliphatic rings. The van der Waals surface area contributed by atoms with Gasteiger partial charge in [-0.1, -0.05) is 0 Å². The van der Waals surface area contributed by atoms with Crippen molar-refractivity contribution in [1.82, 2.24) is 15.2 Å². The van der Waals surface area contributed by atoms with Crippen molar-refractivity contribution in [1.29, 1.82) is 0 Å². The fourth-order valence-corrected chi connectivity index (χ4v) is 2.98. The minimum absolute atomic E-state index is 0. The Balaban J connectivity index is 0.00000121. The third-order valence-electron chi connectivity index (χ3n) is 3.92. The fourth-order valence-electron chi connectivity index (χ4n) is 2.98. The summed E-state index contributed by atoms with van der Waals surface area (Å²) in [5.41, 5.74) is 0.908. The predicted molar refractivity (Wildman–Crippen MR) is 88.6 cm³/mol. The number of hydrogen-bond donors (Lipinski definition) is 1. The van der Waals surface area contributed by atoms with Crippen molar-refractivity contribution in [3.8, 4) is 11.5 Å². The van der Waals surface area contributed by atoms with Crippen LogP contribution in [0.1, 0.15) is 5.69 Å². The summed E-state index contributed by atoms with van der Waals surface area (Å²) in [6, 6.07) is 2.25. The van der Waals surface area contributed by atoms with Crippen LogP contribution in [0.3, 0.4) is 0 Å². The lowest BCUT2D eigenvalue weighted by atomic mass is 10.2. The molecule has 3 rings (SSSR count). The van der Waals surface area contributed by atoms with Gasteiger partial charge in [-0.15, -0.1) is 24.8 Å². The topological polar surface area (TPSA) is 55.9 Å². The second-order valence-corrected chi connectivity index (χ2v) is 5.16. The molecule has 1 aromatic heterocycles. The van der Waals surface area contributed by atoms with E-state index in [0.717, 1.165) is 50.0 Å². The maximum Gasteiger partial charge on any atom is 0.183 e. The molecular formula is C14H23Cl2N3O3. The van der Waals surface area contributed by atoms with Crippen LogP contribution in [0.15, 0.2) is 12.3 Å². The molecule has 0 bridgehead atoms. The van der Waals surface area contributed by atoms with Crippen LogP contribution in [0.4, 0.5) is 0 Å². The van der Waals surface area contributed by atoms with Crippen LogP contribution in [0.5, 0.6) is 11.5 Å². The molecule has 0 radical (unpaired) electrons. The molecule has 2 saturated heterocycles. The van der Waals surface area contributed by atoms with E-state index >= 15 is 0 Å². The van der Waals surface area contributed by atoms with E-state index in [4.69, 9.17) is 14.2 Å². The Kier molecular flexibility index (Phi) is 7.65. The van der Waals surface area contributed by atoms with Gasteiger partial charge in [-0.3, -0.25) is 9.88 Å². The van der Waals surface area contributed by atoms with Gasteiger partial charge in [-0.2, -0.15) is 0 Å². The third kappa shape index (κ3) is 3.94. The number of aromatic nitrogens is 1. The van der Waals surface area contributed by atoms with E-state index in [9.17, 15) is 0 Å². The number of halogens is 2. The number of nitrogens with one attached hydrogen (secondary N) is 1. The van der Waals surface area contributed by atoms with Gasteiger partial charge in [0, 0.05) is 44.5 Å². The third-order valence-corrected chi connectivity index (χ3v) is 3.92. The maximum atomic E-state index is 5.79. The number of rotatable bonds is 4. The summed E-state index contributed by atoms with van der Waals surface area (Å²) < 4.78 is 16.5. The average Bonchev–Trinajstić information content (AvgIpc) is 2.89. The molecule has 0 spiro atoms. The van der Waals surface area contributed by atoms with Crippen molar-refractivity contribution in [3.05, 3.63) is 18.0 Å². The SMILES string of the molecule is COc1ccnc(CN2C[C@@H]3NCCO[C@H]3C2)c1OC.Cl.Cl. The number of ether oxygens (including phenoxy) is 3. The second kappa shape index (κ2) is 8.74. The predicted octanol–water partition coefficient (Wildman–Crippen LogP) is 1.11. The van der Waals surface area contributed by atoms with E-state index in [1.54, 1.807) is 20.4 Å². The zero-order valence-electron chi connectivity index (χ0n) is 12.8. The van der Waals surface area contributed by atoms with E-state index in [2.05, 4.69) is 15.2 Å². The number of fused-ring (bicyclic) bond motifs is 1. The minimum atomic E-state index is 0. The van der Waals surface area contributed by atoms with Gasteiger partial charge in [0.1, 0.15) is 5.69 Å². The first-order valence-electron chi connectivity index (χ1n) is 6.95. The lowest BCUT2D eigenvalue weighted by Crippen LogP contribution is -2.47. The Bertz CT molecular complexity index is 465. The Hall–Kier alpha value is -0.790. The van der Waals surface area contributed by atoms with Crippen LogP contribution in [0.2, 0.25) is 0 Å². The van der Waals surface area contributed by atoms with Gasteiger partial charge >= 0.3 is 0 Å². The number of hydrogen-bond acceptors (Lipinski definition) is 6. The van der Waals surface area contributed by atoms with Crippen LogP contribution >= 0.6 is 24.8 Å². The summed E-state index contributed by atoms with van der Waals surface area (Å²) in [4.78, 5) is 6.78. The van der Waals surface area contributed by atoms with Crippen LogP contribution in [-0.2, 0) is 11.3 Å². The smallest absolute Gasteiger partial charge is 0.183 e. The molecular weight excluding hydrogens is 329 g/mol. The zero-order chi connectivity index (χ0) is 13.9. The summed E-state index contributed by atoms with van der Waals surface area (Å²) in [5.74, 6) is 1.45. The quantitative estimate of drug-likeness (QED) is 0.876. The highest BCUT2D eigenvalue weighted by atomic mass is 35.5. The van der Waals surface area contributed by atoms with E-state index in [0.29, 0.717) is 12.1 Å². The minimum Gasteiger partial charge on any atom is -0.493 e. The second-order valence-electron chi connectivity index (χ2n) is 5.16. The van der Waals surface area contributed by atoms with E-state index < -0.39 is 0 Å². The molecule has 1 N–H and O–H groups in total. The van der Waals surface area contributed by atoms with Crippen LogP contribution in [0.25, 0.3) is 0 Å². The van der Waals surface area contributed by atoms with Crippen molar-refractivity contribution in [3.63, 3.8) is 0 Å². The Morgan fingerprint density at radius 3 is 2.82 bits per heavy atom. The molecule has 0 unspecified atom stereocenters. The standard InChI is InChI=1S/C14H21N3O3.2ClH/c1-18-12-3-4-15-11(14(12)19-2)8-17-7-10-13(9-17)20-6-5-16-10;;/h3-4,10,13,16H,5-9H2,1-2H3;2*1H/t10-,13-;;/m0../s1. The first-order valence-corrected chi connectivity index (χ1v) is 6.95. The van der Waals surface area contributed by atoms with Crippen molar-refractivity contribution in [2.75, 3.05) is 40.5 Å².